The van der Waals surface area contributed by atoms with Gasteiger partial charge in [-0.15, -0.1) is 0 Å². The van der Waals surface area contributed by atoms with Crippen molar-refractivity contribution in [3.8, 4) is 6.07 Å². The Morgan fingerprint density at radius 2 is 2.42 bits per heavy atom. The van der Waals surface area contributed by atoms with Gasteiger partial charge < -0.3 is 0 Å². The van der Waals surface area contributed by atoms with Gasteiger partial charge in [-0.1, -0.05) is 13.0 Å². The Kier molecular flexibility index (Phi) is 3.24. The van der Waals surface area contributed by atoms with Gasteiger partial charge in [-0.3, -0.25) is 0 Å². The van der Waals surface area contributed by atoms with Crippen LogP contribution in [0.4, 0.5) is 0 Å². The van der Waals surface area contributed by atoms with Crippen LogP contribution in [0, 0.1) is 11.3 Å². The van der Waals surface area contributed by atoms with E-state index >= 15 is 0 Å². The Bertz CT molecular complexity index is 304. The van der Waals surface area contributed by atoms with E-state index in [4.69, 9.17) is 5.26 Å². The highest BCUT2D eigenvalue weighted by Crippen LogP contribution is 2.17. The minimum Gasteiger partial charge on any atom is -0.246 e. The SMILES string of the molecule is C[C@H](CC#N)c1cccc(Br)n1. The zero-order valence-electron chi connectivity index (χ0n) is 6.79. The van der Waals surface area contributed by atoms with Crippen molar-refractivity contribution >= 4 is 15.9 Å². The van der Waals surface area contributed by atoms with Gasteiger partial charge in [-0.2, -0.15) is 5.26 Å². The molecule has 0 N–H and O–H groups in total. The quantitative estimate of drug-likeness (QED) is 0.725. The van der Waals surface area contributed by atoms with Crippen molar-refractivity contribution in [3.63, 3.8) is 0 Å². The zero-order chi connectivity index (χ0) is 8.97. The Morgan fingerprint density at radius 3 is 3.00 bits per heavy atom. The summed E-state index contributed by atoms with van der Waals surface area (Å²) in [5.41, 5.74) is 0.964. The summed E-state index contributed by atoms with van der Waals surface area (Å²) >= 11 is 3.29. The maximum absolute atomic E-state index is 8.48. The Labute approximate surface area is 80.4 Å². The lowest BCUT2D eigenvalue weighted by atomic mass is 10.0. The topological polar surface area (TPSA) is 36.7 Å². The first-order chi connectivity index (χ1) is 5.74. The van der Waals surface area contributed by atoms with Crippen LogP contribution >= 0.6 is 15.9 Å². The molecule has 0 bridgehead atoms. The fraction of sp³-hybridized carbons (Fsp3) is 0.333. The van der Waals surface area contributed by atoms with Crippen LogP contribution in [0.5, 0.6) is 0 Å². The Hall–Kier alpha value is -0.880. The van der Waals surface area contributed by atoms with E-state index in [1.54, 1.807) is 0 Å². The molecule has 0 aromatic carbocycles. The monoisotopic (exact) mass is 224 g/mol. The van der Waals surface area contributed by atoms with Gasteiger partial charge in [0, 0.05) is 18.0 Å². The molecule has 0 aliphatic heterocycles. The summed E-state index contributed by atoms with van der Waals surface area (Å²) < 4.78 is 0.824. The van der Waals surface area contributed by atoms with Crippen LogP contribution in [0.2, 0.25) is 0 Å². The maximum Gasteiger partial charge on any atom is 0.106 e. The number of rotatable bonds is 2. The molecule has 0 radical (unpaired) electrons. The molecule has 0 aliphatic rings. The van der Waals surface area contributed by atoms with Crippen molar-refractivity contribution in [3.05, 3.63) is 28.5 Å². The first kappa shape index (κ1) is 9.21. The highest BCUT2D eigenvalue weighted by atomic mass is 79.9. The predicted octanol–water partition coefficient (Wildman–Crippen LogP) is 2.86. The first-order valence-corrected chi connectivity index (χ1v) is 4.52. The average Bonchev–Trinajstić information content (AvgIpc) is 2.05. The fourth-order valence-electron chi connectivity index (χ4n) is 0.940. The van der Waals surface area contributed by atoms with E-state index in [0.29, 0.717) is 6.42 Å². The van der Waals surface area contributed by atoms with E-state index in [9.17, 15) is 0 Å². The lowest BCUT2D eigenvalue weighted by Gasteiger charge is -2.05. The molecule has 1 aromatic rings. The van der Waals surface area contributed by atoms with Gasteiger partial charge in [-0.25, -0.2) is 4.98 Å². The third-order valence-electron chi connectivity index (χ3n) is 1.64. The number of nitriles is 1. The first-order valence-electron chi connectivity index (χ1n) is 3.73. The second kappa shape index (κ2) is 4.22. The molecule has 0 saturated carbocycles. The number of aromatic nitrogens is 1. The molecule has 1 rings (SSSR count). The molecule has 1 atom stereocenters. The van der Waals surface area contributed by atoms with E-state index in [0.717, 1.165) is 10.3 Å². The second-order valence-electron chi connectivity index (χ2n) is 2.65. The second-order valence-corrected chi connectivity index (χ2v) is 3.46. The van der Waals surface area contributed by atoms with Gasteiger partial charge in [0.15, 0.2) is 0 Å². The van der Waals surface area contributed by atoms with Crippen molar-refractivity contribution in [1.29, 1.82) is 5.26 Å². The van der Waals surface area contributed by atoms with Crippen LogP contribution in [0.15, 0.2) is 22.8 Å². The molecule has 0 saturated heterocycles. The molecule has 0 amide bonds. The fourth-order valence-corrected chi connectivity index (χ4v) is 1.30. The third-order valence-corrected chi connectivity index (χ3v) is 2.08. The molecule has 2 nitrogen and oxygen atoms in total. The molecule has 1 aromatic heterocycles. The van der Waals surface area contributed by atoms with Crippen LogP contribution < -0.4 is 0 Å². The molecular weight excluding hydrogens is 216 g/mol. The predicted molar refractivity (Wildman–Crippen MR) is 50.6 cm³/mol. The molecule has 0 spiro atoms. The van der Waals surface area contributed by atoms with Crippen molar-refractivity contribution in [2.45, 2.75) is 19.3 Å². The van der Waals surface area contributed by atoms with E-state index in [1.165, 1.54) is 0 Å². The molecule has 62 valence electrons. The molecule has 0 aliphatic carbocycles. The van der Waals surface area contributed by atoms with Crippen LogP contribution in [0.1, 0.15) is 25.0 Å². The number of halogens is 1. The van der Waals surface area contributed by atoms with Gasteiger partial charge in [0.05, 0.1) is 6.07 Å². The lowest BCUT2D eigenvalue weighted by molar-refractivity contribution is 0.754. The van der Waals surface area contributed by atoms with E-state index < -0.39 is 0 Å². The van der Waals surface area contributed by atoms with Crippen LogP contribution in [0.3, 0.4) is 0 Å². The summed E-state index contributed by atoms with van der Waals surface area (Å²) in [7, 11) is 0. The van der Waals surface area contributed by atoms with Crippen LogP contribution in [-0.4, -0.2) is 4.98 Å². The highest BCUT2D eigenvalue weighted by molar-refractivity contribution is 9.10. The summed E-state index contributed by atoms with van der Waals surface area (Å²) in [5, 5.41) is 8.48. The molecule has 0 unspecified atom stereocenters. The van der Waals surface area contributed by atoms with Crippen LogP contribution in [-0.2, 0) is 0 Å². The molecular formula is C9H9BrN2. The van der Waals surface area contributed by atoms with Gasteiger partial charge >= 0.3 is 0 Å². The highest BCUT2D eigenvalue weighted by Gasteiger charge is 2.05. The summed E-state index contributed by atoms with van der Waals surface area (Å²) in [6.07, 6.45) is 0.517. The van der Waals surface area contributed by atoms with Crippen molar-refractivity contribution in [2.24, 2.45) is 0 Å². The maximum atomic E-state index is 8.48. The molecule has 12 heavy (non-hydrogen) atoms. The van der Waals surface area contributed by atoms with Crippen molar-refractivity contribution in [1.82, 2.24) is 4.98 Å². The lowest BCUT2D eigenvalue weighted by Crippen LogP contribution is -1.95. The number of hydrogen-bond acceptors (Lipinski definition) is 2. The zero-order valence-corrected chi connectivity index (χ0v) is 8.37. The van der Waals surface area contributed by atoms with Gasteiger partial charge in [0.1, 0.15) is 4.60 Å². The summed E-state index contributed by atoms with van der Waals surface area (Å²) in [6, 6.07) is 7.88. The minimum absolute atomic E-state index is 0.215. The average molecular weight is 225 g/mol. The Balaban J connectivity index is 2.82. The molecule has 0 fully saturated rings. The van der Waals surface area contributed by atoms with Crippen LogP contribution in [0.25, 0.3) is 0 Å². The summed E-state index contributed by atoms with van der Waals surface area (Å²) in [6.45, 7) is 2.00. The van der Waals surface area contributed by atoms with E-state index in [2.05, 4.69) is 27.0 Å². The number of nitrogens with zero attached hydrogens (tertiary/aromatic N) is 2. The van der Waals surface area contributed by atoms with E-state index in [1.807, 2.05) is 25.1 Å². The van der Waals surface area contributed by atoms with E-state index in [-0.39, 0.29) is 5.92 Å². The summed E-state index contributed by atoms with van der Waals surface area (Å²) in [4.78, 5) is 4.26. The van der Waals surface area contributed by atoms with Gasteiger partial charge in [0.25, 0.3) is 0 Å². The molecule has 1 heterocycles. The standard InChI is InChI=1S/C9H9BrN2/c1-7(5-6-11)8-3-2-4-9(10)12-8/h2-4,7H,5H2,1H3/t7-/m1/s1. The minimum atomic E-state index is 0.215. The van der Waals surface area contributed by atoms with Crippen molar-refractivity contribution < 1.29 is 0 Å². The largest absolute Gasteiger partial charge is 0.246 e. The van der Waals surface area contributed by atoms with Gasteiger partial charge in [-0.05, 0) is 28.1 Å². The van der Waals surface area contributed by atoms with Crippen molar-refractivity contribution in [2.75, 3.05) is 0 Å². The smallest absolute Gasteiger partial charge is 0.106 e. The Morgan fingerprint density at radius 1 is 1.67 bits per heavy atom. The number of hydrogen-bond donors (Lipinski definition) is 0. The normalized spacial score (nSPS) is 12.1. The molecule has 3 heteroatoms. The third kappa shape index (κ3) is 2.31. The number of pyridine rings is 1. The van der Waals surface area contributed by atoms with Gasteiger partial charge in [0.2, 0.25) is 0 Å². The summed E-state index contributed by atoms with van der Waals surface area (Å²) in [5.74, 6) is 0.215.